The molecule has 0 aromatic heterocycles. The first-order valence-corrected chi connectivity index (χ1v) is 8.88. The fraction of sp³-hybridized carbons (Fsp3) is 0.0526. The van der Waals surface area contributed by atoms with Crippen LogP contribution in [0.1, 0.15) is 5.56 Å². The molecular formula is C19H16FNO2S. The van der Waals surface area contributed by atoms with Crippen LogP contribution in [0.15, 0.2) is 77.7 Å². The van der Waals surface area contributed by atoms with Crippen LogP contribution in [-0.2, 0) is 10.0 Å². The van der Waals surface area contributed by atoms with Gasteiger partial charge in [-0.25, -0.2) is 12.8 Å². The Kier molecular flexibility index (Phi) is 4.36. The van der Waals surface area contributed by atoms with Crippen LogP contribution in [0.25, 0.3) is 11.1 Å². The van der Waals surface area contributed by atoms with Gasteiger partial charge in [0, 0.05) is 5.69 Å². The van der Waals surface area contributed by atoms with Gasteiger partial charge in [0.25, 0.3) is 10.0 Å². The Hall–Kier alpha value is -2.66. The number of halogens is 1. The summed E-state index contributed by atoms with van der Waals surface area (Å²) < 4.78 is 40.8. The average molecular weight is 341 g/mol. The smallest absolute Gasteiger partial charge is 0.261 e. The highest BCUT2D eigenvalue weighted by atomic mass is 32.2. The zero-order chi connectivity index (χ0) is 17.2. The van der Waals surface area contributed by atoms with Gasteiger partial charge in [0.15, 0.2) is 0 Å². The first kappa shape index (κ1) is 16.2. The minimum absolute atomic E-state index is 0.198. The van der Waals surface area contributed by atoms with Crippen LogP contribution >= 0.6 is 0 Å². The lowest BCUT2D eigenvalue weighted by Crippen LogP contribution is -2.12. The number of hydrogen-bond donors (Lipinski definition) is 1. The summed E-state index contributed by atoms with van der Waals surface area (Å²) in [6.45, 7) is 1.90. The second-order valence-corrected chi connectivity index (χ2v) is 7.19. The zero-order valence-electron chi connectivity index (χ0n) is 13.0. The molecule has 0 saturated heterocycles. The van der Waals surface area contributed by atoms with Crippen molar-refractivity contribution in [1.29, 1.82) is 0 Å². The molecule has 0 heterocycles. The van der Waals surface area contributed by atoms with E-state index in [4.69, 9.17) is 0 Å². The summed E-state index contributed by atoms with van der Waals surface area (Å²) in [5, 5.41) is 0. The summed E-state index contributed by atoms with van der Waals surface area (Å²) in [5.41, 5.74) is 2.84. The topological polar surface area (TPSA) is 46.2 Å². The van der Waals surface area contributed by atoms with E-state index in [1.807, 2.05) is 6.92 Å². The van der Waals surface area contributed by atoms with Gasteiger partial charge in [-0.1, -0.05) is 42.0 Å². The van der Waals surface area contributed by atoms with Crippen LogP contribution in [0.4, 0.5) is 10.1 Å². The van der Waals surface area contributed by atoms with Gasteiger partial charge in [-0.05, 0) is 54.4 Å². The normalized spacial score (nSPS) is 11.2. The summed E-state index contributed by atoms with van der Waals surface area (Å²) in [6, 6.07) is 19.7. The maximum absolute atomic E-state index is 13.4. The highest BCUT2D eigenvalue weighted by Gasteiger charge is 2.14. The molecule has 3 rings (SSSR count). The molecule has 122 valence electrons. The lowest BCUT2D eigenvalue weighted by atomic mass is 10.1. The van der Waals surface area contributed by atoms with E-state index in [1.165, 1.54) is 12.1 Å². The SMILES string of the molecule is Cc1ccc(S(=O)(=O)Nc2cccc(-c3cccc(F)c3)c2)cc1. The molecule has 0 saturated carbocycles. The average Bonchev–Trinajstić information content (AvgIpc) is 2.55. The van der Waals surface area contributed by atoms with Gasteiger partial charge in [0.05, 0.1) is 4.90 Å². The molecule has 0 atom stereocenters. The fourth-order valence-corrected chi connectivity index (χ4v) is 3.41. The minimum Gasteiger partial charge on any atom is -0.280 e. The van der Waals surface area contributed by atoms with Gasteiger partial charge >= 0.3 is 0 Å². The van der Waals surface area contributed by atoms with E-state index in [9.17, 15) is 12.8 Å². The minimum atomic E-state index is -3.66. The lowest BCUT2D eigenvalue weighted by molar-refractivity contribution is 0.601. The van der Waals surface area contributed by atoms with Crippen molar-refractivity contribution in [3.63, 3.8) is 0 Å². The van der Waals surface area contributed by atoms with Crippen molar-refractivity contribution in [3.05, 3.63) is 84.2 Å². The molecule has 1 N–H and O–H groups in total. The molecule has 0 aliphatic carbocycles. The molecule has 3 nitrogen and oxygen atoms in total. The van der Waals surface area contributed by atoms with Crippen LogP contribution in [0, 0.1) is 12.7 Å². The van der Waals surface area contributed by atoms with E-state index in [0.717, 1.165) is 11.1 Å². The second-order valence-electron chi connectivity index (χ2n) is 5.51. The quantitative estimate of drug-likeness (QED) is 0.754. The first-order valence-electron chi connectivity index (χ1n) is 7.39. The third-order valence-electron chi connectivity index (χ3n) is 3.60. The van der Waals surface area contributed by atoms with Crippen molar-refractivity contribution in [2.24, 2.45) is 0 Å². The highest BCUT2D eigenvalue weighted by Crippen LogP contribution is 2.25. The summed E-state index contributed by atoms with van der Waals surface area (Å²) >= 11 is 0. The number of sulfonamides is 1. The van der Waals surface area contributed by atoms with Gasteiger partial charge in [-0.3, -0.25) is 4.72 Å². The van der Waals surface area contributed by atoms with Crippen LogP contribution in [-0.4, -0.2) is 8.42 Å². The maximum Gasteiger partial charge on any atom is 0.261 e. The Morgan fingerprint density at radius 1 is 0.833 bits per heavy atom. The number of nitrogens with one attached hydrogen (secondary N) is 1. The largest absolute Gasteiger partial charge is 0.280 e. The van der Waals surface area contributed by atoms with Crippen LogP contribution in [0.3, 0.4) is 0 Å². The van der Waals surface area contributed by atoms with Crippen molar-refractivity contribution in [1.82, 2.24) is 0 Å². The van der Waals surface area contributed by atoms with Crippen molar-refractivity contribution in [2.45, 2.75) is 11.8 Å². The van der Waals surface area contributed by atoms with Crippen molar-refractivity contribution < 1.29 is 12.8 Å². The molecule has 0 unspecified atom stereocenters. The maximum atomic E-state index is 13.4. The van der Waals surface area contributed by atoms with Crippen molar-refractivity contribution >= 4 is 15.7 Å². The van der Waals surface area contributed by atoms with Crippen LogP contribution in [0.5, 0.6) is 0 Å². The van der Waals surface area contributed by atoms with Gasteiger partial charge in [-0.2, -0.15) is 0 Å². The number of benzene rings is 3. The summed E-state index contributed by atoms with van der Waals surface area (Å²) in [6.07, 6.45) is 0. The van der Waals surface area contributed by atoms with Crippen LogP contribution in [0.2, 0.25) is 0 Å². The summed E-state index contributed by atoms with van der Waals surface area (Å²) in [4.78, 5) is 0.198. The molecular weight excluding hydrogens is 325 g/mol. The first-order chi connectivity index (χ1) is 11.4. The second kappa shape index (κ2) is 6.45. The number of rotatable bonds is 4. The van der Waals surface area contributed by atoms with Gasteiger partial charge in [0.1, 0.15) is 5.82 Å². The Morgan fingerprint density at radius 3 is 2.12 bits per heavy atom. The van der Waals surface area contributed by atoms with E-state index in [1.54, 1.807) is 60.7 Å². The third kappa shape index (κ3) is 3.63. The van der Waals surface area contributed by atoms with Crippen molar-refractivity contribution in [2.75, 3.05) is 4.72 Å². The Balaban J connectivity index is 1.91. The molecule has 0 fully saturated rings. The molecule has 5 heteroatoms. The van der Waals surface area contributed by atoms with Gasteiger partial charge in [-0.15, -0.1) is 0 Å². The molecule has 0 aliphatic heterocycles. The van der Waals surface area contributed by atoms with Gasteiger partial charge in [0.2, 0.25) is 0 Å². The molecule has 0 radical (unpaired) electrons. The molecule has 0 amide bonds. The lowest BCUT2D eigenvalue weighted by Gasteiger charge is -2.10. The predicted octanol–water partition coefficient (Wildman–Crippen LogP) is 4.60. The highest BCUT2D eigenvalue weighted by molar-refractivity contribution is 7.92. The fourth-order valence-electron chi connectivity index (χ4n) is 2.36. The monoisotopic (exact) mass is 341 g/mol. The number of anilines is 1. The van der Waals surface area contributed by atoms with E-state index in [-0.39, 0.29) is 10.7 Å². The molecule has 0 aliphatic rings. The molecule has 3 aromatic rings. The standard InChI is InChI=1S/C19H16FNO2S/c1-14-8-10-19(11-9-14)24(22,23)21-18-7-3-5-16(13-18)15-4-2-6-17(20)12-15/h2-13,21H,1H3. The van der Waals surface area contributed by atoms with Crippen molar-refractivity contribution in [3.8, 4) is 11.1 Å². The summed E-state index contributed by atoms with van der Waals surface area (Å²) in [7, 11) is -3.66. The zero-order valence-corrected chi connectivity index (χ0v) is 13.8. The number of aryl methyl sites for hydroxylation is 1. The molecule has 0 bridgehead atoms. The van der Waals surface area contributed by atoms with E-state index < -0.39 is 10.0 Å². The molecule has 24 heavy (non-hydrogen) atoms. The molecule has 3 aromatic carbocycles. The van der Waals surface area contributed by atoms with E-state index in [2.05, 4.69) is 4.72 Å². The van der Waals surface area contributed by atoms with E-state index in [0.29, 0.717) is 11.3 Å². The Morgan fingerprint density at radius 2 is 1.46 bits per heavy atom. The van der Waals surface area contributed by atoms with Crippen LogP contribution < -0.4 is 4.72 Å². The molecule has 0 spiro atoms. The Labute approximate surface area is 140 Å². The third-order valence-corrected chi connectivity index (χ3v) is 5.00. The predicted molar refractivity (Wildman–Crippen MR) is 93.8 cm³/mol. The summed E-state index contributed by atoms with van der Waals surface area (Å²) in [5.74, 6) is -0.335. The Bertz CT molecular complexity index is 967. The van der Waals surface area contributed by atoms with Gasteiger partial charge < -0.3 is 0 Å². The van der Waals surface area contributed by atoms with E-state index >= 15 is 0 Å². The number of hydrogen-bond acceptors (Lipinski definition) is 2.